The molecule has 0 N–H and O–H groups in total. The fourth-order valence-electron chi connectivity index (χ4n) is 1.40. The Morgan fingerprint density at radius 1 is 1.13 bits per heavy atom. The average Bonchev–Trinajstić information content (AvgIpc) is 2.29. The maximum atomic E-state index is 10.9. The van der Waals surface area contributed by atoms with Gasteiger partial charge in [0.2, 0.25) is 0 Å². The van der Waals surface area contributed by atoms with Crippen LogP contribution in [0.1, 0.15) is 0 Å². The number of amides is 1. The van der Waals surface area contributed by atoms with Crippen LogP contribution in [-0.4, -0.2) is 13.2 Å². The molecule has 75 valence electrons. The number of fused-ring (bicyclic) bond motifs is 1. The van der Waals surface area contributed by atoms with E-state index in [4.69, 9.17) is 0 Å². The summed E-state index contributed by atoms with van der Waals surface area (Å²) >= 11 is 0. The molecule has 0 aromatic heterocycles. The summed E-state index contributed by atoms with van der Waals surface area (Å²) in [7, 11) is 1.31. The van der Waals surface area contributed by atoms with E-state index in [0.717, 1.165) is 10.8 Å². The van der Waals surface area contributed by atoms with E-state index >= 15 is 0 Å². The van der Waals surface area contributed by atoms with E-state index in [-0.39, 0.29) is 0 Å². The molecule has 0 aliphatic carbocycles. The third-order valence-electron chi connectivity index (χ3n) is 2.13. The normalized spacial score (nSPS) is 9.93. The number of carbonyl (C=O) groups is 1. The molecule has 0 aliphatic heterocycles. The van der Waals surface area contributed by atoms with Gasteiger partial charge in [0.25, 0.3) is 0 Å². The number of carbonyl (C=O) groups excluding carboxylic acids is 1. The molecule has 0 saturated heterocycles. The number of nitrogens with zero attached hydrogens (tertiary/aromatic N) is 1. The zero-order valence-corrected chi connectivity index (χ0v) is 8.31. The molecular formula is C12H10NO2. The smallest absolute Gasteiger partial charge is 0.433 e. The van der Waals surface area contributed by atoms with E-state index in [1.54, 1.807) is 6.07 Å². The number of methoxy groups -OCH3 is 1. The summed E-state index contributed by atoms with van der Waals surface area (Å²) in [5.74, 6) is 0. The molecule has 0 aliphatic rings. The van der Waals surface area contributed by atoms with Crippen LogP contribution in [0.15, 0.2) is 42.5 Å². The fourth-order valence-corrected chi connectivity index (χ4v) is 1.40. The van der Waals surface area contributed by atoms with Crippen LogP contribution in [0.2, 0.25) is 0 Å². The van der Waals surface area contributed by atoms with Gasteiger partial charge < -0.3 is 4.74 Å². The zero-order chi connectivity index (χ0) is 10.7. The fraction of sp³-hybridized carbons (Fsp3) is 0.0833. The van der Waals surface area contributed by atoms with Gasteiger partial charge in [-0.25, -0.2) is 4.79 Å². The Labute approximate surface area is 87.7 Å². The molecule has 3 nitrogen and oxygen atoms in total. The zero-order valence-electron chi connectivity index (χ0n) is 8.31. The van der Waals surface area contributed by atoms with Crippen LogP contribution in [0.25, 0.3) is 10.8 Å². The molecule has 2 aromatic rings. The molecule has 0 bridgehead atoms. The maximum Gasteiger partial charge on any atom is 0.433 e. The third kappa shape index (κ3) is 2.07. The van der Waals surface area contributed by atoms with Crippen LogP contribution in [0, 0.1) is 0 Å². The molecule has 1 amide bonds. The molecule has 0 saturated carbocycles. The SMILES string of the molecule is COC(=O)[N]c1ccc2ccccc2c1. The summed E-state index contributed by atoms with van der Waals surface area (Å²) in [4.78, 5) is 10.9. The molecule has 0 fully saturated rings. The Bertz CT molecular complexity index is 494. The lowest BCUT2D eigenvalue weighted by Crippen LogP contribution is -2.09. The van der Waals surface area contributed by atoms with E-state index in [1.807, 2.05) is 36.4 Å². The van der Waals surface area contributed by atoms with Gasteiger partial charge in [-0.2, -0.15) is 5.32 Å². The largest absolute Gasteiger partial charge is 0.451 e. The lowest BCUT2D eigenvalue weighted by molar-refractivity contribution is 0.175. The maximum absolute atomic E-state index is 10.9. The van der Waals surface area contributed by atoms with Crippen molar-refractivity contribution in [1.29, 1.82) is 0 Å². The lowest BCUT2D eigenvalue weighted by atomic mass is 10.1. The average molecular weight is 200 g/mol. The monoisotopic (exact) mass is 200 g/mol. The Hall–Kier alpha value is -2.03. The number of rotatable bonds is 1. The first-order valence-electron chi connectivity index (χ1n) is 4.58. The lowest BCUT2D eigenvalue weighted by Gasteiger charge is -2.02. The van der Waals surface area contributed by atoms with E-state index in [0.29, 0.717) is 5.69 Å². The van der Waals surface area contributed by atoms with Crippen LogP contribution >= 0.6 is 0 Å². The molecule has 2 aromatic carbocycles. The third-order valence-corrected chi connectivity index (χ3v) is 2.13. The topological polar surface area (TPSA) is 40.4 Å². The van der Waals surface area contributed by atoms with Crippen molar-refractivity contribution in [2.45, 2.75) is 0 Å². The highest BCUT2D eigenvalue weighted by molar-refractivity contribution is 5.86. The van der Waals surface area contributed by atoms with Gasteiger partial charge in [0.15, 0.2) is 0 Å². The highest BCUT2D eigenvalue weighted by Crippen LogP contribution is 2.18. The van der Waals surface area contributed by atoms with Gasteiger partial charge in [-0.15, -0.1) is 0 Å². The van der Waals surface area contributed by atoms with Gasteiger partial charge in [-0.3, -0.25) is 0 Å². The first-order chi connectivity index (χ1) is 7.29. The Balaban J connectivity index is 2.34. The van der Waals surface area contributed by atoms with Crippen LogP contribution in [0.4, 0.5) is 10.5 Å². The first kappa shape index (κ1) is 9.52. The summed E-state index contributed by atoms with van der Waals surface area (Å²) in [5, 5.41) is 5.95. The minimum absolute atomic E-state index is 0.578. The first-order valence-corrected chi connectivity index (χ1v) is 4.58. The number of ether oxygens (including phenoxy) is 1. The highest BCUT2D eigenvalue weighted by Gasteiger charge is 2.03. The Morgan fingerprint density at radius 2 is 1.87 bits per heavy atom. The van der Waals surface area contributed by atoms with Crippen molar-refractivity contribution in [2.75, 3.05) is 7.11 Å². The van der Waals surface area contributed by atoms with Gasteiger partial charge in [-0.1, -0.05) is 30.3 Å². The second kappa shape index (κ2) is 4.00. The predicted octanol–water partition coefficient (Wildman–Crippen LogP) is 2.84. The Kier molecular flexibility index (Phi) is 2.54. The summed E-state index contributed by atoms with van der Waals surface area (Å²) < 4.78 is 4.46. The van der Waals surface area contributed by atoms with Crippen molar-refractivity contribution >= 4 is 22.6 Å². The van der Waals surface area contributed by atoms with E-state index in [1.165, 1.54) is 7.11 Å². The van der Waals surface area contributed by atoms with Crippen LogP contribution < -0.4 is 5.32 Å². The molecule has 0 atom stereocenters. The molecular weight excluding hydrogens is 190 g/mol. The number of hydrogen-bond acceptors (Lipinski definition) is 2. The van der Waals surface area contributed by atoms with E-state index in [9.17, 15) is 4.79 Å². The van der Waals surface area contributed by atoms with Gasteiger partial charge in [0.05, 0.1) is 12.8 Å². The van der Waals surface area contributed by atoms with Crippen molar-refractivity contribution in [1.82, 2.24) is 5.32 Å². The number of benzene rings is 2. The molecule has 3 heteroatoms. The van der Waals surface area contributed by atoms with Crippen LogP contribution in [0.5, 0.6) is 0 Å². The van der Waals surface area contributed by atoms with Crippen molar-refractivity contribution in [3.8, 4) is 0 Å². The number of hydrogen-bond donors (Lipinski definition) is 0. The van der Waals surface area contributed by atoms with E-state index in [2.05, 4.69) is 10.1 Å². The molecule has 0 unspecified atom stereocenters. The summed E-state index contributed by atoms with van der Waals surface area (Å²) in [6.07, 6.45) is -0.578. The second-order valence-electron chi connectivity index (χ2n) is 3.11. The van der Waals surface area contributed by atoms with Crippen molar-refractivity contribution in [2.24, 2.45) is 0 Å². The standard InChI is InChI=1S/C12H10NO2/c1-15-12(14)13-11-7-6-9-4-2-3-5-10(9)8-11/h2-8H,1H3. The summed E-state index contributed by atoms with van der Waals surface area (Å²) in [6.45, 7) is 0. The van der Waals surface area contributed by atoms with Gasteiger partial charge in [0.1, 0.15) is 0 Å². The van der Waals surface area contributed by atoms with Crippen molar-refractivity contribution < 1.29 is 9.53 Å². The second-order valence-corrected chi connectivity index (χ2v) is 3.11. The highest BCUT2D eigenvalue weighted by atomic mass is 16.5. The molecule has 0 spiro atoms. The minimum atomic E-state index is -0.578. The molecule has 2 rings (SSSR count). The molecule has 15 heavy (non-hydrogen) atoms. The summed E-state index contributed by atoms with van der Waals surface area (Å²) in [5.41, 5.74) is 0.612. The minimum Gasteiger partial charge on any atom is -0.451 e. The quantitative estimate of drug-likeness (QED) is 0.710. The van der Waals surface area contributed by atoms with E-state index < -0.39 is 6.09 Å². The van der Waals surface area contributed by atoms with Gasteiger partial charge in [-0.05, 0) is 22.9 Å². The van der Waals surface area contributed by atoms with Gasteiger partial charge >= 0.3 is 6.09 Å². The van der Waals surface area contributed by atoms with Gasteiger partial charge in [0, 0.05) is 0 Å². The summed E-state index contributed by atoms with van der Waals surface area (Å²) in [6, 6.07) is 13.5. The van der Waals surface area contributed by atoms with Crippen LogP contribution in [0.3, 0.4) is 0 Å². The van der Waals surface area contributed by atoms with Crippen LogP contribution in [-0.2, 0) is 4.74 Å². The predicted molar refractivity (Wildman–Crippen MR) is 58.1 cm³/mol. The van der Waals surface area contributed by atoms with Crippen molar-refractivity contribution in [3.63, 3.8) is 0 Å². The van der Waals surface area contributed by atoms with Crippen molar-refractivity contribution in [3.05, 3.63) is 42.5 Å². The molecule has 0 heterocycles. The molecule has 1 radical (unpaired) electrons. The Morgan fingerprint density at radius 3 is 2.60 bits per heavy atom.